The average Bonchev–Trinajstić information content (AvgIpc) is 3.29. The van der Waals surface area contributed by atoms with E-state index in [-0.39, 0.29) is 11.9 Å². The first-order valence-electron chi connectivity index (χ1n) is 10.3. The van der Waals surface area contributed by atoms with Crippen molar-refractivity contribution in [3.63, 3.8) is 0 Å². The molecule has 1 aliphatic heterocycles. The second kappa shape index (κ2) is 8.62. The Balaban J connectivity index is 1.57. The Kier molecular flexibility index (Phi) is 5.76. The van der Waals surface area contributed by atoms with Crippen LogP contribution in [0.4, 0.5) is 0 Å². The summed E-state index contributed by atoms with van der Waals surface area (Å²) in [5.74, 6) is 0.109. The highest BCUT2D eigenvalue weighted by molar-refractivity contribution is 5.95. The van der Waals surface area contributed by atoms with Gasteiger partial charge in [0.05, 0.1) is 12.2 Å². The van der Waals surface area contributed by atoms with E-state index >= 15 is 0 Å². The Hall–Kier alpha value is -2.92. The van der Waals surface area contributed by atoms with Crippen LogP contribution in [0.25, 0.3) is 11.1 Å². The Morgan fingerprint density at radius 1 is 1.14 bits per heavy atom. The van der Waals surface area contributed by atoms with E-state index in [1.807, 2.05) is 30.5 Å². The van der Waals surface area contributed by atoms with Gasteiger partial charge in [0.15, 0.2) is 0 Å². The highest BCUT2D eigenvalue weighted by Gasteiger charge is 2.28. The van der Waals surface area contributed by atoms with E-state index in [4.69, 9.17) is 0 Å². The molecule has 2 heterocycles. The minimum Gasteiger partial charge on any atom is -0.332 e. The lowest BCUT2D eigenvalue weighted by atomic mass is 9.93. The van der Waals surface area contributed by atoms with Crippen LogP contribution in [0.5, 0.6) is 0 Å². The van der Waals surface area contributed by atoms with Gasteiger partial charge in [-0.1, -0.05) is 36.4 Å². The summed E-state index contributed by atoms with van der Waals surface area (Å²) >= 11 is 0. The summed E-state index contributed by atoms with van der Waals surface area (Å²) in [5, 5.41) is 6.85. The highest BCUT2D eigenvalue weighted by Crippen LogP contribution is 2.33. The molecule has 1 unspecified atom stereocenters. The molecule has 0 saturated carbocycles. The number of hydrogen-bond donors (Lipinski definition) is 1. The summed E-state index contributed by atoms with van der Waals surface area (Å²) < 4.78 is 0. The number of H-pyrrole nitrogens is 1. The number of likely N-dealkylation sites (tertiary alicyclic amines) is 1. The molecule has 3 aromatic rings. The fourth-order valence-corrected chi connectivity index (χ4v) is 4.14. The zero-order valence-electron chi connectivity index (χ0n) is 17.1. The average molecular weight is 389 g/mol. The van der Waals surface area contributed by atoms with Gasteiger partial charge < -0.3 is 9.80 Å². The van der Waals surface area contributed by atoms with Crippen molar-refractivity contribution in [1.29, 1.82) is 0 Å². The van der Waals surface area contributed by atoms with Crippen molar-refractivity contribution in [2.45, 2.75) is 31.8 Å². The van der Waals surface area contributed by atoms with Gasteiger partial charge >= 0.3 is 0 Å². The maximum atomic E-state index is 13.4. The van der Waals surface area contributed by atoms with E-state index < -0.39 is 0 Å². The lowest BCUT2D eigenvalue weighted by molar-refractivity contribution is 0.0611. The maximum Gasteiger partial charge on any atom is 0.254 e. The molecule has 1 saturated heterocycles. The molecule has 1 aliphatic rings. The van der Waals surface area contributed by atoms with Crippen LogP contribution in [0, 0.1) is 0 Å². The first kappa shape index (κ1) is 19.4. The zero-order chi connectivity index (χ0) is 20.2. The smallest absolute Gasteiger partial charge is 0.254 e. The van der Waals surface area contributed by atoms with Gasteiger partial charge in [-0.3, -0.25) is 9.89 Å². The van der Waals surface area contributed by atoms with Gasteiger partial charge in [-0.05, 0) is 62.2 Å². The monoisotopic (exact) mass is 388 g/mol. The molecule has 1 atom stereocenters. The van der Waals surface area contributed by atoms with Gasteiger partial charge in [0.2, 0.25) is 0 Å². The maximum absolute atomic E-state index is 13.4. The summed E-state index contributed by atoms with van der Waals surface area (Å²) in [4.78, 5) is 17.6. The number of aromatic nitrogens is 2. The normalized spacial score (nSPS) is 16.9. The first-order valence-corrected chi connectivity index (χ1v) is 10.3. The fraction of sp³-hybridized carbons (Fsp3) is 0.333. The summed E-state index contributed by atoms with van der Waals surface area (Å²) in [6.07, 6.45) is 6.86. The standard InChI is InChI=1S/C24H28N4O/c1-27(2)17-18-9-11-19(12-10-18)23-8-3-4-13-28(23)24(29)21-7-5-6-20(14-21)22-15-25-26-16-22/h5-7,9-12,14-16,23H,3-4,8,13,17H2,1-2H3,(H,25,26). The summed E-state index contributed by atoms with van der Waals surface area (Å²) in [7, 11) is 4.15. The number of amides is 1. The van der Waals surface area contributed by atoms with Crippen molar-refractivity contribution < 1.29 is 4.79 Å². The van der Waals surface area contributed by atoms with E-state index in [0.717, 1.165) is 49.0 Å². The third-order valence-electron chi connectivity index (χ3n) is 5.57. The molecule has 2 aromatic carbocycles. The summed E-state index contributed by atoms with van der Waals surface area (Å²) in [6, 6.07) is 16.7. The number of piperidine rings is 1. The van der Waals surface area contributed by atoms with Crippen LogP contribution in [0.3, 0.4) is 0 Å². The molecule has 1 aromatic heterocycles. The van der Waals surface area contributed by atoms with Crippen LogP contribution < -0.4 is 0 Å². The molecule has 5 nitrogen and oxygen atoms in total. The number of rotatable bonds is 5. The van der Waals surface area contributed by atoms with Crippen molar-refractivity contribution >= 4 is 5.91 Å². The molecule has 0 bridgehead atoms. The lowest BCUT2D eigenvalue weighted by Gasteiger charge is -2.36. The molecule has 5 heteroatoms. The van der Waals surface area contributed by atoms with Crippen LogP contribution in [0.15, 0.2) is 60.9 Å². The van der Waals surface area contributed by atoms with Crippen LogP contribution >= 0.6 is 0 Å². The van der Waals surface area contributed by atoms with Crippen LogP contribution in [0.2, 0.25) is 0 Å². The van der Waals surface area contributed by atoms with Crippen molar-refractivity contribution in [3.05, 3.63) is 77.6 Å². The molecular formula is C24H28N4O. The molecule has 150 valence electrons. The second-order valence-electron chi connectivity index (χ2n) is 8.06. The summed E-state index contributed by atoms with van der Waals surface area (Å²) in [5.41, 5.74) is 5.25. The number of hydrogen-bond acceptors (Lipinski definition) is 3. The number of carbonyl (C=O) groups is 1. The number of carbonyl (C=O) groups excluding carboxylic acids is 1. The van der Waals surface area contributed by atoms with Gasteiger partial charge in [-0.15, -0.1) is 0 Å². The largest absolute Gasteiger partial charge is 0.332 e. The third-order valence-corrected chi connectivity index (χ3v) is 5.57. The number of benzene rings is 2. The van der Waals surface area contributed by atoms with E-state index in [0.29, 0.717) is 0 Å². The predicted molar refractivity (Wildman–Crippen MR) is 115 cm³/mol. The molecule has 0 radical (unpaired) electrons. The third kappa shape index (κ3) is 4.40. The summed E-state index contributed by atoms with van der Waals surface area (Å²) in [6.45, 7) is 1.73. The molecule has 4 rings (SSSR count). The predicted octanol–water partition coefficient (Wildman–Crippen LogP) is 4.51. The van der Waals surface area contributed by atoms with Gasteiger partial charge in [0.25, 0.3) is 5.91 Å². The van der Waals surface area contributed by atoms with Crippen LogP contribution in [0.1, 0.15) is 46.8 Å². The van der Waals surface area contributed by atoms with Gasteiger partial charge in [-0.2, -0.15) is 5.10 Å². The molecule has 0 aliphatic carbocycles. The topological polar surface area (TPSA) is 52.2 Å². The minimum absolute atomic E-state index is 0.109. The molecular weight excluding hydrogens is 360 g/mol. The van der Waals surface area contributed by atoms with Crippen LogP contribution in [-0.2, 0) is 6.54 Å². The highest BCUT2D eigenvalue weighted by atomic mass is 16.2. The van der Waals surface area contributed by atoms with Crippen LogP contribution in [-0.4, -0.2) is 46.5 Å². The van der Waals surface area contributed by atoms with E-state index in [2.05, 4.69) is 58.4 Å². The van der Waals surface area contributed by atoms with Crippen molar-refractivity contribution in [1.82, 2.24) is 20.0 Å². The SMILES string of the molecule is CN(C)Cc1ccc(C2CCCCN2C(=O)c2cccc(-c3cn[nH]c3)c2)cc1. The Bertz CT molecular complexity index is 947. The zero-order valence-corrected chi connectivity index (χ0v) is 17.1. The van der Waals surface area contributed by atoms with Gasteiger partial charge in [0.1, 0.15) is 0 Å². The first-order chi connectivity index (χ1) is 14.1. The number of nitrogens with zero attached hydrogens (tertiary/aromatic N) is 3. The Morgan fingerprint density at radius 3 is 2.69 bits per heavy atom. The van der Waals surface area contributed by atoms with E-state index in [1.54, 1.807) is 6.20 Å². The fourth-order valence-electron chi connectivity index (χ4n) is 4.14. The molecule has 29 heavy (non-hydrogen) atoms. The van der Waals surface area contributed by atoms with Gasteiger partial charge in [-0.25, -0.2) is 0 Å². The van der Waals surface area contributed by atoms with Crippen molar-refractivity contribution in [3.8, 4) is 11.1 Å². The second-order valence-corrected chi connectivity index (χ2v) is 8.06. The Labute approximate surface area is 172 Å². The number of nitrogens with one attached hydrogen (secondary N) is 1. The lowest BCUT2D eigenvalue weighted by Crippen LogP contribution is -2.38. The molecule has 0 spiro atoms. The van der Waals surface area contributed by atoms with E-state index in [9.17, 15) is 4.79 Å². The number of aromatic amines is 1. The molecule has 1 N–H and O–H groups in total. The quantitative estimate of drug-likeness (QED) is 0.700. The van der Waals surface area contributed by atoms with Crippen molar-refractivity contribution in [2.24, 2.45) is 0 Å². The van der Waals surface area contributed by atoms with E-state index in [1.165, 1.54) is 11.1 Å². The minimum atomic E-state index is 0.109. The van der Waals surface area contributed by atoms with Gasteiger partial charge in [0, 0.05) is 30.4 Å². The Morgan fingerprint density at radius 2 is 1.97 bits per heavy atom. The molecule has 1 amide bonds. The van der Waals surface area contributed by atoms with Crippen molar-refractivity contribution in [2.75, 3.05) is 20.6 Å². The molecule has 1 fully saturated rings.